The van der Waals surface area contributed by atoms with Gasteiger partial charge in [-0.05, 0) is 55.0 Å². The van der Waals surface area contributed by atoms with E-state index in [1.807, 2.05) is 42.5 Å². The molecule has 0 saturated heterocycles. The molecule has 0 aliphatic rings. The molecule has 1 aromatic heterocycles. The maximum Gasteiger partial charge on any atom is 0.255 e. The molecule has 0 aliphatic heterocycles. The number of nitrogens with zero attached hydrogens (tertiary/aromatic N) is 2. The van der Waals surface area contributed by atoms with Gasteiger partial charge in [-0.2, -0.15) is 0 Å². The summed E-state index contributed by atoms with van der Waals surface area (Å²) in [6.45, 7) is 1.71. The van der Waals surface area contributed by atoms with Gasteiger partial charge in [0.1, 0.15) is 0 Å². The zero-order valence-electron chi connectivity index (χ0n) is 16.5. The fourth-order valence-electron chi connectivity index (χ4n) is 3.17. The molecule has 0 spiro atoms. The molecule has 4 aromatic rings. The van der Waals surface area contributed by atoms with E-state index in [2.05, 4.69) is 15.3 Å². The van der Waals surface area contributed by atoms with Crippen LogP contribution in [0.5, 0.6) is 0 Å². The monoisotopic (exact) mass is 417 g/mol. The molecule has 0 aliphatic carbocycles. The third kappa shape index (κ3) is 4.06. The van der Waals surface area contributed by atoms with E-state index in [-0.39, 0.29) is 10.8 Å². The van der Waals surface area contributed by atoms with Crippen molar-refractivity contribution in [3.63, 3.8) is 0 Å². The van der Waals surface area contributed by atoms with Gasteiger partial charge in [-0.3, -0.25) is 9.78 Å². The lowest BCUT2D eigenvalue weighted by Gasteiger charge is -2.10. The summed E-state index contributed by atoms with van der Waals surface area (Å²) in [7, 11) is -3.32. The van der Waals surface area contributed by atoms with Gasteiger partial charge in [0.25, 0.3) is 5.91 Å². The van der Waals surface area contributed by atoms with Gasteiger partial charge in [0.15, 0.2) is 9.84 Å². The molecule has 1 heterocycles. The van der Waals surface area contributed by atoms with Crippen LogP contribution in [0.25, 0.3) is 22.3 Å². The summed E-state index contributed by atoms with van der Waals surface area (Å²) in [6, 6.07) is 19.5. The molecule has 6 nitrogen and oxygen atoms in total. The van der Waals surface area contributed by atoms with Crippen LogP contribution < -0.4 is 5.32 Å². The Labute approximate surface area is 174 Å². The molecule has 4 rings (SSSR count). The van der Waals surface area contributed by atoms with Crippen LogP contribution in [0.1, 0.15) is 15.9 Å². The molecule has 0 fully saturated rings. The lowest BCUT2D eigenvalue weighted by molar-refractivity contribution is 0.102. The number of fused-ring (bicyclic) bond motifs is 1. The summed E-state index contributed by atoms with van der Waals surface area (Å²) >= 11 is 0. The molecule has 0 saturated carbocycles. The Balaban J connectivity index is 1.60. The second kappa shape index (κ2) is 7.68. The lowest BCUT2D eigenvalue weighted by atomic mass is 10.1. The standard InChI is InChI=1S/C23H19N3O3S/c1-15-12-18(30(2,28)29)10-11-19(15)23(27)25-17-7-5-6-16(13-17)22-14-24-20-8-3-4-9-21(20)26-22/h3-14H,1-2H3,(H,25,27). The number of hydrogen-bond acceptors (Lipinski definition) is 5. The van der Waals surface area contributed by atoms with E-state index in [1.54, 1.807) is 19.2 Å². The number of sulfone groups is 1. The van der Waals surface area contributed by atoms with E-state index < -0.39 is 9.84 Å². The van der Waals surface area contributed by atoms with Gasteiger partial charge in [0.2, 0.25) is 0 Å². The summed E-state index contributed by atoms with van der Waals surface area (Å²) in [5, 5.41) is 2.87. The largest absolute Gasteiger partial charge is 0.322 e. The second-order valence-electron chi connectivity index (χ2n) is 7.03. The SMILES string of the molecule is Cc1cc(S(C)(=O)=O)ccc1C(=O)Nc1cccc(-c2cnc3ccccc3n2)c1. The average molecular weight is 417 g/mol. The Hall–Kier alpha value is -3.58. The molecule has 1 N–H and O–H groups in total. The number of hydrogen-bond donors (Lipinski definition) is 1. The van der Waals surface area contributed by atoms with E-state index in [0.29, 0.717) is 22.5 Å². The number of rotatable bonds is 4. The van der Waals surface area contributed by atoms with Gasteiger partial charge >= 0.3 is 0 Å². The minimum atomic E-state index is -3.32. The summed E-state index contributed by atoms with van der Waals surface area (Å²) in [5.74, 6) is -0.311. The van der Waals surface area contributed by atoms with Crippen molar-refractivity contribution < 1.29 is 13.2 Å². The van der Waals surface area contributed by atoms with Crippen molar-refractivity contribution in [2.24, 2.45) is 0 Å². The predicted octanol–water partition coefficient (Wildman–Crippen LogP) is 4.26. The minimum absolute atomic E-state index is 0.188. The lowest BCUT2D eigenvalue weighted by Crippen LogP contribution is -2.14. The molecule has 0 bridgehead atoms. The van der Waals surface area contributed by atoms with Crippen molar-refractivity contribution in [2.75, 3.05) is 11.6 Å². The molecule has 0 radical (unpaired) electrons. The highest BCUT2D eigenvalue weighted by Crippen LogP contribution is 2.23. The van der Waals surface area contributed by atoms with Gasteiger partial charge in [0, 0.05) is 23.1 Å². The summed E-state index contributed by atoms with van der Waals surface area (Å²) in [5.41, 5.74) is 4.77. The average Bonchev–Trinajstić information content (AvgIpc) is 2.72. The number of anilines is 1. The first-order valence-corrected chi connectivity index (χ1v) is 11.1. The third-order valence-corrected chi connectivity index (χ3v) is 5.85. The molecular formula is C23H19N3O3S. The summed E-state index contributed by atoms with van der Waals surface area (Å²) in [4.78, 5) is 22.0. The predicted molar refractivity (Wildman–Crippen MR) is 117 cm³/mol. The maximum absolute atomic E-state index is 12.7. The van der Waals surface area contributed by atoms with E-state index in [0.717, 1.165) is 22.9 Å². The highest BCUT2D eigenvalue weighted by Gasteiger charge is 2.14. The second-order valence-corrected chi connectivity index (χ2v) is 9.04. The molecule has 3 aromatic carbocycles. The Kier molecular flexibility index (Phi) is 5.05. The van der Waals surface area contributed by atoms with Crippen LogP contribution in [0.4, 0.5) is 5.69 Å². The Bertz CT molecular complexity index is 1380. The highest BCUT2D eigenvalue weighted by molar-refractivity contribution is 7.90. The summed E-state index contributed by atoms with van der Waals surface area (Å²) in [6.07, 6.45) is 2.85. The van der Waals surface area contributed by atoms with E-state index >= 15 is 0 Å². The van der Waals surface area contributed by atoms with E-state index in [4.69, 9.17) is 0 Å². The smallest absolute Gasteiger partial charge is 0.255 e. The van der Waals surface area contributed by atoms with Gasteiger partial charge < -0.3 is 5.32 Å². The van der Waals surface area contributed by atoms with Crippen LogP contribution in [-0.2, 0) is 9.84 Å². The Morgan fingerprint density at radius 1 is 0.933 bits per heavy atom. The zero-order valence-corrected chi connectivity index (χ0v) is 17.3. The molecule has 1 amide bonds. The number of amides is 1. The van der Waals surface area contributed by atoms with Crippen LogP contribution in [0, 0.1) is 6.92 Å². The quantitative estimate of drug-likeness (QED) is 0.536. The van der Waals surface area contributed by atoms with Crippen molar-refractivity contribution >= 4 is 32.5 Å². The molecule has 0 unspecified atom stereocenters. The Morgan fingerprint density at radius 3 is 2.43 bits per heavy atom. The number of benzene rings is 3. The minimum Gasteiger partial charge on any atom is -0.322 e. The Morgan fingerprint density at radius 2 is 1.70 bits per heavy atom. The zero-order chi connectivity index (χ0) is 21.3. The fraction of sp³-hybridized carbons (Fsp3) is 0.0870. The van der Waals surface area contributed by atoms with Gasteiger partial charge in [-0.15, -0.1) is 0 Å². The van der Waals surface area contributed by atoms with Gasteiger partial charge in [-0.25, -0.2) is 13.4 Å². The number of nitrogens with one attached hydrogen (secondary N) is 1. The third-order valence-electron chi connectivity index (χ3n) is 4.74. The molecule has 0 atom stereocenters. The van der Waals surface area contributed by atoms with Crippen molar-refractivity contribution in [3.8, 4) is 11.3 Å². The van der Waals surface area contributed by atoms with Crippen LogP contribution in [0.3, 0.4) is 0 Å². The highest BCUT2D eigenvalue weighted by atomic mass is 32.2. The van der Waals surface area contributed by atoms with Crippen molar-refractivity contribution in [3.05, 3.63) is 84.1 Å². The van der Waals surface area contributed by atoms with Crippen molar-refractivity contribution in [2.45, 2.75) is 11.8 Å². The number of carbonyl (C=O) groups is 1. The number of aromatic nitrogens is 2. The summed E-state index contributed by atoms with van der Waals surface area (Å²) < 4.78 is 23.4. The topological polar surface area (TPSA) is 89.0 Å². The van der Waals surface area contributed by atoms with E-state index in [9.17, 15) is 13.2 Å². The van der Waals surface area contributed by atoms with Crippen LogP contribution in [-0.4, -0.2) is 30.5 Å². The maximum atomic E-state index is 12.7. The number of aryl methyl sites for hydroxylation is 1. The van der Waals surface area contributed by atoms with Crippen LogP contribution >= 0.6 is 0 Å². The number of para-hydroxylation sites is 2. The fourth-order valence-corrected chi connectivity index (χ4v) is 3.88. The van der Waals surface area contributed by atoms with Crippen molar-refractivity contribution in [1.82, 2.24) is 9.97 Å². The first kappa shape index (κ1) is 19.7. The van der Waals surface area contributed by atoms with Crippen LogP contribution in [0.15, 0.2) is 77.8 Å². The van der Waals surface area contributed by atoms with E-state index in [1.165, 1.54) is 18.2 Å². The molecule has 30 heavy (non-hydrogen) atoms. The van der Waals surface area contributed by atoms with Crippen molar-refractivity contribution in [1.29, 1.82) is 0 Å². The van der Waals surface area contributed by atoms with Gasteiger partial charge in [0.05, 0.1) is 27.8 Å². The first-order chi connectivity index (χ1) is 14.3. The molecule has 150 valence electrons. The van der Waals surface area contributed by atoms with Gasteiger partial charge in [-0.1, -0.05) is 24.3 Å². The number of carbonyl (C=O) groups excluding carboxylic acids is 1. The first-order valence-electron chi connectivity index (χ1n) is 9.25. The molecule has 7 heteroatoms. The molecular weight excluding hydrogens is 398 g/mol. The van der Waals surface area contributed by atoms with Crippen LogP contribution in [0.2, 0.25) is 0 Å². The normalized spacial score (nSPS) is 11.4.